The number of carbonyl (C=O) groups is 1. The minimum Gasteiger partial charge on any atom is -0.492 e. The normalized spacial score (nSPS) is 10.6. The van der Waals surface area contributed by atoms with Crippen LogP contribution in [0.1, 0.15) is 22.3 Å². The summed E-state index contributed by atoms with van der Waals surface area (Å²) in [7, 11) is 0. The number of aryl methyl sites for hydroxylation is 3. The molecule has 0 radical (unpaired) electrons. The Bertz CT molecular complexity index is 713. The number of hydrogen-bond acceptors (Lipinski definition) is 3. The van der Waals surface area contributed by atoms with Crippen molar-refractivity contribution < 1.29 is 9.53 Å². The number of thioether (sulfide) groups is 1. The molecule has 1 amide bonds. The van der Waals surface area contributed by atoms with Crippen LogP contribution in [0.2, 0.25) is 5.02 Å². The van der Waals surface area contributed by atoms with Gasteiger partial charge in [0.15, 0.2) is 0 Å². The van der Waals surface area contributed by atoms with E-state index in [4.69, 9.17) is 16.3 Å². The summed E-state index contributed by atoms with van der Waals surface area (Å²) in [4.78, 5) is 11.9. The topological polar surface area (TPSA) is 38.3 Å². The Morgan fingerprint density at radius 3 is 2.52 bits per heavy atom. The standard InChI is InChI=1S/C20H24ClNO2S/c1-14-8-15(2)10-17(9-14)12-25-13-20(23)22-6-7-24-18-5-4-16(3)19(21)11-18/h4-5,8-11H,6-7,12-13H2,1-3H3,(H,22,23). The molecule has 0 saturated heterocycles. The highest BCUT2D eigenvalue weighted by atomic mass is 35.5. The second-order valence-electron chi connectivity index (χ2n) is 6.10. The summed E-state index contributed by atoms with van der Waals surface area (Å²) in [6, 6.07) is 12.1. The predicted molar refractivity (Wildman–Crippen MR) is 107 cm³/mol. The zero-order valence-electron chi connectivity index (χ0n) is 14.9. The average Bonchev–Trinajstić information content (AvgIpc) is 2.54. The third-order valence-corrected chi connectivity index (χ3v) is 5.03. The van der Waals surface area contributed by atoms with Crippen molar-refractivity contribution >= 4 is 29.3 Å². The molecule has 2 rings (SSSR count). The van der Waals surface area contributed by atoms with E-state index < -0.39 is 0 Å². The monoisotopic (exact) mass is 377 g/mol. The van der Waals surface area contributed by atoms with Crippen LogP contribution in [0.4, 0.5) is 0 Å². The van der Waals surface area contributed by atoms with Gasteiger partial charge >= 0.3 is 0 Å². The maximum absolute atomic E-state index is 11.9. The van der Waals surface area contributed by atoms with Crippen molar-refractivity contribution in [3.63, 3.8) is 0 Å². The van der Waals surface area contributed by atoms with Crippen molar-refractivity contribution in [3.05, 3.63) is 63.7 Å². The van der Waals surface area contributed by atoms with Crippen LogP contribution in [-0.2, 0) is 10.5 Å². The van der Waals surface area contributed by atoms with Crippen LogP contribution in [0.5, 0.6) is 5.75 Å². The van der Waals surface area contributed by atoms with E-state index in [1.165, 1.54) is 16.7 Å². The molecule has 2 aromatic carbocycles. The maximum atomic E-state index is 11.9. The molecule has 0 spiro atoms. The number of benzene rings is 2. The minimum absolute atomic E-state index is 0.0277. The molecular weight excluding hydrogens is 354 g/mol. The lowest BCUT2D eigenvalue weighted by Gasteiger charge is -2.09. The van der Waals surface area contributed by atoms with E-state index in [1.54, 1.807) is 17.8 Å². The maximum Gasteiger partial charge on any atom is 0.230 e. The Kier molecular flexibility index (Phi) is 7.66. The first-order valence-corrected chi connectivity index (χ1v) is 9.78. The van der Waals surface area contributed by atoms with Gasteiger partial charge in [0.1, 0.15) is 12.4 Å². The van der Waals surface area contributed by atoms with Crippen LogP contribution in [0.15, 0.2) is 36.4 Å². The molecule has 0 unspecified atom stereocenters. The van der Waals surface area contributed by atoms with E-state index in [0.717, 1.165) is 11.3 Å². The van der Waals surface area contributed by atoms with Gasteiger partial charge in [0.2, 0.25) is 5.91 Å². The van der Waals surface area contributed by atoms with Crippen molar-refractivity contribution in [1.82, 2.24) is 5.32 Å². The Morgan fingerprint density at radius 2 is 1.84 bits per heavy atom. The number of hydrogen-bond donors (Lipinski definition) is 1. The highest BCUT2D eigenvalue weighted by Gasteiger charge is 2.03. The lowest BCUT2D eigenvalue weighted by molar-refractivity contribution is -0.118. The lowest BCUT2D eigenvalue weighted by Crippen LogP contribution is -2.29. The van der Waals surface area contributed by atoms with Gasteiger partial charge in [0.25, 0.3) is 0 Å². The average molecular weight is 378 g/mol. The van der Waals surface area contributed by atoms with E-state index >= 15 is 0 Å². The third-order valence-electron chi connectivity index (χ3n) is 3.62. The lowest BCUT2D eigenvalue weighted by atomic mass is 10.1. The van der Waals surface area contributed by atoms with Crippen molar-refractivity contribution in [1.29, 1.82) is 0 Å². The third kappa shape index (κ3) is 7.00. The van der Waals surface area contributed by atoms with E-state index in [0.29, 0.717) is 29.7 Å². The number of nitrogens with one attached hydrogen (secondary N) is 1. The van der Waals surface area contributed by atoms with Crippen LogP contribution in [0, 0.1) is 20.8 Å². The first-order valence-electron chi connectivity index (χ1n) is 8.24. The van der Waals surface area contributed by atoms with Gasteiger partial charge < -0.3 is 10.1 Å². The van der Waals surface area contributed by atoms with Crippen molar-refractivity contribution in [2.45, 2.75) is 26.5 Å². The van der Waals surface area contributed by atoms with Crippen LogP contribution >= 0.6 is 23.4 Å². The number of ether oxygens (including phenoxy) is 1. The fourth-order valence-electron chi connectivity index (χ4n) is 2.49. The van der Waals surface area contributed by atoms with E-state index in [9.17, 15) is 4.79 Å². The van der Waals surface area contributed by atoms with Gasteiger partial charge in [-0.2, -0.15) is 0 Å². The molecule has 0 aliphatic carbocycles. The summed E-state index contributed by atoms with van der Waals surface area (Å²) in [5.74, 6) is 2.03. The first-order chi connectivity index (χ1) is 11.9. The molecule has 2 aromatic rings. The van der Waals surface area contributed by atoms with Gasteiger partial charge in [0, 0.05) is 10.8 Å². The molecule has 0 saturated carbocycles. The van der Waals surface area contributed by atoms with E-state index in [2.05, 4.69) is 37.4 Å². The number of halogens is 1. The smallest absolute Gasteiger partial charge is 0.230 e. The largest absolute Gasteiger partial charge is 0.492 e. The molecule has 0 aliphatic heterocycles. The van der Waals surface area contributed by atoms with Crippen molar-refractivity contribution in [2.24, 2.45) is 0 Å². The van der Waals surface area contributed by atoms with E-state index in [1.807, 2.05) is 19.1 Å². The van der Waals surface area contributed by atoms with E-state index in [-0.39, 0.29) is 5.91 Å². The summed E-state index contributed by atoms with van der Waals surface area (Å²) in [6.45, 7) is 7.04. The summed E-state index contributed by atoms with van der Waals surface area (Å²) in [5, 5.41) is 3.55. The molecule has 0 fully saturated rings. The van der Waals surface area contributed by atoms with Crippen LogP contribution in [0.25, 0.3) is 0 Å². The summed E-state index contributed by atoms with van der Waals surface area (Å²) in [6.07, 6.45) is 0. The Balaban J connectivity index is 1.63. The quantitative estimate of drug-likeness (QED) is 0.678. The molecule has 0 aliphatic rings. The van der Waals surface area contributed by atoms with Crippen molar-refractivity contribution in [2.75, 3.05) is 18.9 Å². The highest BCUT2D eigenvalue weighted by Crippen LogP contribution is 2.21. The van der Waals surface area contributed by atoms with Gasteiger partial charge in [-0.25, -0.2) is 0 Å². The Hall–Kier alpha value is -1.65. The molecule has 5 heteroatoms. The van der Waals surface area contributed by atoms with Gasteiger partial charge in [0.05, 0.1) is 12.3 Å². The van der Waals surface area contributed by atoms with Gasteiger partial charge in [-0.15, -0.1) is 11.8 Å². The molecule has 0 bridgehead atoms. The molecule has 0 aromatic heterocycles. The molecule has 0 atom stereocenters. The van der Waals surface area contributed by atoms with Crippen LogP contribution in [-0.4, -0.2) is 24.8 Å². The number of rotatable bonds is 8. The SMILES string of the molecule is Cc1cc(C)cc(CSCC(=O)NCCOc2ccc(C)c(Cl)c2)c1. The summed E-state index contributed by atoms with van der Waals surface area (Å²) < 4.78 is 5.59. The van der Waals surface area contributed by atoms with Gasteiger partial charge in [-0.3, -0.25) is 4.79 Å². The molecule has 134 valence electrons. The summed E-state index contributed by atoms with van der Waals surface area (Å²) >= 11 is 7.67. The molecule has 3 nitrogen and oxygen atoms in total. The predicted octanol–water partition coefficient (Wildman–Crippen LogP) is 4.69. The zero-order valence-corrected chi connectivity index (χ0v) is 16.5. The second kappa shape index (κ2) is 9.73. The van der Waals surface area contributed by atoms with Crippen molar-refractivity contribution in [3.8, 4) is 5.75 Å². The fraction of sp³-hybridized carbons (Fsp3) is 0.350. The van der Waals surface area contributed by atoms with Gasteiger partial charge in [-0.05, 0) is 44.0 Å². The number of carbonyl (C=O) groups excluding carboxylic acids is 1. The Labute approximate surface area is 159 Å². The molecular formula is C20H24ClNO2S. The zero-order chi connectivity index (χ0) is 18.2. The number of amides is 1. The minimum atomic E-state index is 0.0277. The summed E-state index contributed by atoms with van der Waals surface area (Å²) in [5.41, 5.74) is 4.79. The molecule has 25 heavy (non-hydrogen) atoms. The van der Waals surface area contributed by atoms with Crippen LogP contribution in [0.3, 0.4) is 0 Å². The van der Waals surface area contributed by atoms with Crippen LogP contribution < -0.4 is 10.1 Å². The molecule has 1 N–H and O–H groups in total. The fourth-order valence-corrected chi connectivity index (χ4v) is 3.45. The van der Waals surface area contributed by atoms with Gasteiger partial charge in [-0.1, -0.05) is 47.0 Å². The first kappa shape index (κ1) is 19.7. The Morgan fingerprint density at radius 1 is 1.12 bits per heavy atom. The highest BCUT2D eigenvalue weighted by molar-refractivity contribution is 7.99. The second-order valence-corrected chi connectivity index (χ2v) is 7.49. The molecule has 0 heterocycles.